The number of allylic oxidation sites excluding steroid dienone is 1. The summed E-state index contributed by atoms with van der Waals surface area (Å²) in [7, 11) is 0. The maximum absolute atomic E-state index is 15.4. The summed E-state index contributed by atoms with van der Waals surface area (Å²) in [6, 6.07) is 13.0. The van der Waals surface area contributed by atoms with Gasteiger partial charge in [0.2, 0.25) is 12.8 Å². The van der Waals surface area contributed by atoms with Crippen LogP contribution in [0.4, 0.5) is 8.78 Å². The molecule has 55 heavy (non-hydrogen) atoms. The van der Waals surface area contributed by atoms with Crippen molar-refractivity contribution in [1.29, 1.82) is 0 Å². The van der Waals surface area contributed by atoms with Gasteiger partial charge >= 0.3 is 5.97 Å². The van der Waals surface area contributed by atoms with E-state index in [1.165, 1.54) is 87.6 Å². The van der Waals surface area contributed by atoms with E-state index < -0.39 is 11.9 Å². The van der Waals surface area contributed by atoms with Crippen molar-refractivity contribution in [3.63, 3.8) is 0 Å². The number of aliphatic hydroxyl groups excluding tert-OH is 1. The molecule has 9 atom stereocenters. The highest BCUT2D eigenvalue weighted by molar-refractivity contribution is 5.87. The van der Waals surface area contributed by atoms with Crippen LogP contribution in [0.15, 0.2) is 61.2 Å². The summed E-state index contributed by atoms with van der Waals surface area (Å²) >= 11 is 0. The molecule has 5 aliphatic rings. The number of hydrogen-bond acceptors (Lipinski definition) is 4. The monoisotopic (exact) mass is 764 g/mol. The summed E-state index contributed by atoms with van der Waals surface area (Å²) in [5.41, 5.74) is 11.0. The molecule has 7 rings (SSSR count). The summed E-state index contributed by atoms with van der Waals surface area (Å²) < 4.78 is 30.7. The van der Waals surface area contributed by atoms with Gasteiger partial charge in [-0.25, -0.2) is 13.6 Å². The van der Waals surface area contributed by atoms with Crippen LogP contribution in [0, 0.1) is 51.2 Å². The standard InChI is InChI=1S/C41H54F2O3.C3H6.2CH3NO/c1-37(2)33-17-20-38(3)31-16-22-40(19-6-9-32(40)30(31)14-15-34(38)39(33,4)21-18-35(37)44)24-26-7-5-8-27(23-26)25-41(42,43)29-12-10-28(11-13-29)36(45)46;1-3-2;2*2-1-3/h5,7-8,10-13,23,30-35,44H,6,9,14-22,24-25H2,1-4H3,(H,45,46);3H,1H2,2H3;2*1H,(H2,2,3). The van der Waals surface area contributed by atoms with Crippen LogP contribution < -0.4 is 11.5 Å². The van der Waals surface area contributed by atoms with Gasteiger partial charge in [0, 0.05) is 12.0 Å². The number of alkyl halides is 2. The molecule has 0 aliphatic heterocycles. The molecule has 2 aromatic rings. The third kappa shape index (κ3) is 8.72. The zero-order chi connectivity index (χ0) is 40.8. The number of carboxylic acids is 1. The molecule has 0 aromatic heterocycles. The molecular weight excluding hydrogens is 699 g/mol. The number of halogens is 2. The lowest BCUT2D eigenvalue weighted by atomic mass is 9.36. The molecular formula is C46H66F2N2O5. The topological polar surface area (TPSA) is 144 Å². The second-order valence-electron chi connectivity index (χ2n) is 18.2. The van der Waals surface area contributed by atoms with Crippen LogP contribution >= 0.6 is 0 Å². The summed E-state index contributed by atoms with van der Waals surface area (Å²) in [6.45, 7) is 15.2. The smallest absolute Gasteiger partial charge is 0.335 e. The van der Waals surface area contributed by atoms with Crippen molar-refractivity contribution in [3.8, 4) is 0 Å². The molecule has 7 nitrogen and oxygen atoms in total. The van der Waals surface area contributed by atoms with E-state index in [1.807, 2.05) is 25.1 Å². The zero-order valence-corrected chi connectivity index (χ0v) is 33.7. The molecule has 304 valence electrons. The maximum Gasteiger partial charge on any atom is 0.335 e. The Hall–Kier alpha value is -3.59. The van der Waals surface area contributed by atoms with E-state index in [0.29, 0.717) is 22.3 Å². The number of aliphatic hydroxyl groups is 1. The average Bonchev–Trinajstić information content (AvgIpc) is 3.55. The van der Waals surface area contributed by atoms with E-state index in [1.54, 1.807) is 6.08 Å². The van der Waals surface area contributed by atoms with Crippen molar-refractivity contribution in [2.45, 2.75) is 130 Å². The average molecular weight is 765 g/mol. The van der Waals surface area contributed by atoms with Crippen molar-refractivity contribution in [2.24, 2.45) is 62.7 Å². The molecule has 0 saturated heterocycles. The van der Waals surface area contributed by atoms with Crippen LogP contribution in [0.2, 0.25) is 0 Å². The molecule has 5 aliphatic carbocycles. The van der Waals surface area contributed by atoms with Crippen molar-refractivity contribution in [2.75, 3.05) is 0 Å². The van der Waals surface area contributed by atoms with Crippen LogP contribution in [-0.2, 0) is 28.4 Å². The van der Waals surface area contributed by atoms with Gasteiger partial charge < -0.3 is 21.7 Å². The lowest BCUT2D eigenvalue weighted by molar-refractivity contribution is -0.214. The zero-order valence-electron chi connectivity index (χ0n) is 33.7. The number of primary amides is 2. The van der Waals surface area contributed by atoms with E-state index in [2.05, 4.69) is 51.8 Å². The SMILES string of the molecule is C=CC.CC1(C)C(O)CCC2(C)C1CCC1(C)C3CCC4(Cc5cccc(CC(F)(F)c6ccc(C(=O)O)cc6)c5)CCCC4C3CCC12.NC=O.NC=O. The van der Waals surface area contributed by atoms with Gasteiger partial charge in [0.1, 0.15) is 0 Å². The van der Waals surface area contributed by atoms with Gasteiger partial charge in [-0.2, -0.15) is 0 Å². The number of benzene rings is 2. The Morgan fingerprint density at radius 1 is 0.836 bits per heavy atom. The van der Waals surface area contributed by atoms with E-state index >= 15 is 8.78 Å². The number of hydrogen-bond donors (Lipinski definition) is 4. The van der Waals surface area contributed by atoms with Crippen LogP contribution in [0.3, 0.4) is 0 Å². The molecule has 2 amide bonds. The lowest BCUT2D eigenvalue weighted by Gasteiger charge is -2.69. The first-order chi connectivity index (χ1) is 25.9. The molecule has 6 N–H and O–H groups in total. The molecule has 0 bridgehead atoms. The van der Waals surface area contributed by atoms with Crippen LogP contribution in [-0.4, -0.2) is 35.1 Å². The van der Waals surface area contributed by atoms with E-state index in [-0.39, 0.29) is 47.3 Å². The molecule has 9 unspecified atom stereocenters. The Morgan fingerprint density at radius 3 is 2.05 bits per heavy atom. The third-order valence-electron chi connectivity index (χ3n) is 15.2. The van der Waals surface area contributed by atoms with Crippen molar-refractivity contribution >= 4 is 18.8 Å². The van der Waals surface area contributed by atoms with Crippen LogP contribution in [0.1, 0.15) is 132 Å². The maximum atomic E-state index is 15.4. The Morgan fingerprint density at radius 2 is 1.44 bits per heavy atom. The Bertz CT molecular complexity index is 1620. The van der Waals surface area contributed by atoms with E-state index in [0.717, 1.165) is 42.9 Å². The predicted octanol–water partition coefficient (Wildman–Crippen LogP) is 9.48. The quantitative estimate of drug-likeness (QED) is 0.171. The normalized spacial score (nSPS) is 34.0. The molecule has 5 fully saturated rings. The lowest BCUT2D eigenvalue weighted by Crippen LogP contribution is -2.63. The number of fused-ring (bicyclic) bond motifs is 7. The first-order valence-corrected chi connectivity index (χ1v) is 20.3. The molecule has 0 radical (unpaired) electrons. The second kappa shape index (κ2) is 17.7. The molecule has 9 heteroatoms. The first-order valence-electron chi connectivity index (χ1n) is 20.3. The fourth-order valence-corrected chi connectivity index (χ4v) is 13.1. The number of aromatic carboxylic acids is 1. The summed E-state index contributed by atoms with van der Waals surface area (Å²) in [5.74, 6) is -0.599. The van der Waals surface area contributed by atoms with Gasteiger partial charge in [-0.3, -0.25) is 9.59 Å². The van der Waals surface area contributed by atoms with Gasteiger partial charge in [-0.1, -0.05) is 76.6 Å². The minimum Gasteiger partial charge on any atom is -0.478 e. The van der Waals surface area contributed by atoms with Gasteiger partial charge in [-0.05, 0) is 152 Å². The van der Waals surface area contributed by atoms with Crippen molar-refractivity contribution < 1.29 is 33.4 Å². The predicted molar refractivity (Wildman–Crippen MR) is 214 cm³/mol. The van der Waals surface area contributed by atoms with Gasteiger partial charge in [0.25, 0.3) is 5.92 Å². The second-order valence-corrected chi connectivity index (χ2v) is 18.2. The third-order valence-corrected chi connectivity index (χ3v) is 15.2. The van der Waals surface area contributed by atoms with E-state index in [4.69, 9.17) is 14.7 Å². The van der Waals surface area contributed by atoms with Crippen LogP contribution in [0.25, 0.3) is 0 Å². The van der Waals surface area contributed by atoms with Crippen molar-refractivity contribution in [1.82, 2.24) is 0 Å². The highest BCUT2D eigenvalue weighted by Gasteiger charge is 2.66. The molecule has 5 saturated carbocycles. The minimum absolute atomic E-state index is 0.0121. The van der Waals surface area contributed by atoms with Gasteiger partial charge in [-0.15, -0.1) is 6.58 Å². The highest BCUT2D eigenvalue weighted by Crippen LogP contribution is 2.73. The number of amides is 2. The summed E-state index contributed by atoms with van der Waals surface area (Å²) in [6.07, 6.45) is 16.3. The first kappa shape index (κ1) is 44.1. The summed E-state index contributed by atoms with van der Waals surface area (Å²) in [5, 5.41) is 20.1. The molecule has 2 aromatic carbocycles. The fourth-order valence-electron chi connectivity index (χ4n) is 13.1. The number of nitrogens with two attached hydrogens (primary N) is 2. The number of carboxylic acid groups (broad SMARTS) is 1. The van der Waals surface area contributed by atoms with E-state index in [9.17, 15) is 9.90 Å². The Labute approximate surface area is 327 Å². The fraction of sp³-hybridized carbons (Fsp3) is 0.630. The molecule has 0 spiro atoms. The minimum atomic E-state index is -3.07. The summed E-state index contributed by atoms with van der Waals surface area (Å²) in [4.78, 5) is 28.4. The van der Waals surface area contributed by atoms with Crippen molar-refractivity contribution in [3.05, 3.63) is 83.4 Å². The Kier molecular flexibility index (Phi) is 14.2. The molecule has 0 heterocycles. The Balaban J connectivity index is 0.000000684. The van der Waals surface area contributed by atoms with Gasteiger partial charge in [0.05, 0.1) is 11.7 Å². The van der Waals surface area contributed by atoms with Crippen LogP contribution in [0.5, 0.6) is 0 Å². The largest absolute Gasteiger partial charge is 0.478 e. The number of rotatable bonds is 6. The highest BCUT2D eigenvalue weighted by atomic mass is 19.3. The number of carbonyl (C=O) groups is 3. The number of carbonyl (C=O) groups excluding carboxylic acids is 2. The van der Waals surface area contributed by atoms with Gasteiger partial charge in [0.15, 0.2) is 0 Å².